The maximum absolute atomic E-state index is 11.5. The first-order valence-corrected chi connectivity index (χ1v) is 4.59. The first-order valence-electron chi connectivity index (χ1n) is 4.59. The summed E-state index contributed by atoms with van der Waals surface area (Å²) >= 11 is 0. The minimum absolute atomic E-state index is 0.177. The molecule has 1 N–H and O–H groups in total. The topological polar surface area (TPSA) is 98.7 Å². The van der Waals surface area contributed by atoms with E-state index in [-0.39, 0.29) is 18.1 Å². The third kappa shape index (κ3) is 2.22. The molecule has 1 amide bonds. The number of rotatable bonds is 3. The molecule has 2 rings (SSSR count). The number of aromatic nitrogens is 5. The van der Waals surface area contributed by atoms with E-state index in [9.17, 15) is 4.79 Å². The summed E-state index contributed by atoms with van der Waals surface area (Å²) in [7, 11) is 1.69. The number of hydrogen-bond acceptors (Lipinski definition) is 6. The number of carbonyl (C=O) groups excluding carboxylic acids is 1. The molecule has 0 aliphatic heterocycles. The highest BCUT2D eigenvalue weighted by Crippen LogP contribution is 1.96. The van der Waals surface area contributed by atoms with Gasteiger partial charge in [-0.25, -0.2) is 0 Å². The van der Waals surface area contributed by atoms with Crippen LogP contribution >= 0.6 is 0 Å². The van der Waals surface area contributed by atoms with Gasteiger partial charge >= 0.3 is 0 Å². The van der Waals surface area contributed by atoms with E-state index in [0.29, 0.717) is 11.7 Å². The van der Waals surface area contributed by atoms with Crippen molar-refractivity contribution in [2.45, 2.75) is 13.5 Å². The van der Waals surface area contributed by atoms with E-state index in [1.165, 1.54) is 10.9 Å². The molecule has 0 aliphatic carbocycles. The van der Waals surface area contributed by atoms with Crippen molar-refractivity contribution in [1.29, 1.82) is 0 Å². The van der Waals surface area contributed by atoms with Crippen molar-refractivity contribution < 1.29 is 9.32 Å². The Balaban J connectivity index is 1.93. The highest BCUT2D eigenvalue weighted by Gasteiger charge is 2.11. The zero-order chi connectivity index (χ0) is 11.5. The maximum atomic E-state index is 11.5. The van der Waals surface area contributed by atoms with Crippen LogP contribution in [0, 0.1) is 6.92 Å². The summed E-state index contributed by atoms with van der Waals surface area (Å²) in [4.78, 5) is 15.5. The fourth-order valence-corrected chi connectivity index (χ4v) is 1.11. The zero-order valence-electron chi connectivity index (χ0n) is 8.84. The van der Waals surface area contributed by atoms with Gasteiger partial charge in [-0.15, -0.1) is 5.10 Å². The minimum Gasteiger partial charge on any atom is -0.342 e. The van der Waals surface area contributed by atoms with Crippen LogP contribution in [0.3, 0.4) is 0 Å². The first-order chi connectivity index (χ1) is 7.65. The van der Waals surface area contributed by atoms with E-state index < -0.39 is 0 Å². The molecule has 2 heterocycles. The van der Waals surface area contributed by atoms with Gasteiger partial charge in [-0.1, -0.05) is 10.4 Å². The van der Waals surface area contributed by atoms with Crippen molar-refractivity contribution >= 4 is 5.91 Å². The molecule has 8 heteroatoms. The van der Waals surface area contributed by atoms with Crippen molar-refractivity contribution in [2.24, 2.45) is 7.05 Å². The average Bonchev–Trinajstić information content (AvgIpc) is 2.84. The van der Waals surface area contributed by atoms with Gasteiger partial charge in [0.2, 0.25) is 5.89 Å². The molecule has 0 aliphatic rings. The first kappa shape index (κ1) is 10.3. The number of hydrogen-bond donors (Lipinski definition) is 1. The predicted octanol–water partition coefficient (Wildman–Crippen LogP) is -0.563. The molecule has 0 atom stereocenters. The standard InChI is InChI=1S/C8H10N6O2/c1-5-10-7(16-12-5)3-9-8(15)6-4-14(2)13-11-6/h4H,3H2,1-2H3,(H,9,15). The lowest BCUT2D eigenvalue weighted by Crippen LogP contribution is -2.23. The van der Waals surface area contributed by atoms with Gasteiger partial charge in [-0.3, -0.25) is 9.48 Å². The number of nitrogens with one attached hydrogen (secondary N) is 1. The van der Waals surface area contributed by atoms with Crippen molar-refractivity contribution in [3.63, 3.8) is 0 Å². The lowest BCUT2D eigenvalue weighted by atomic mass is 10.4. The molecular formula is C8H10N6O2. The highest BCUT2D eigenvalue weighted by molar-refractivity contribution is 5.91. The van der Waals surface area contributed by atoms with E-state index in [1.54, 1.807) is 14.0 Å². The van der Waals surface area contributed by atoms with Crippen molar-refractivity contribution in [1.82, 2.24) is 30.5 Å². The summed E-state index contributed by atoms with van der Waals surface area (Å²) < 4.78 is 6.29. The molecule has 84 valence electrons. The van der Waals surface area contributed by atoms with Gasteiger partial charge in [0.25, 0.3) is 5.91 Å². The largest absolute Gasteiger partial charge is 0.342 e. The van der Waals surface area contributed by atoms with Crippen LogP contribution in [0.4, 0.5) is 0 Å². The SMILES string of the molecule is Cc1noc(CNC(=O)c2cn(C)nn2)n1. The van der Waals surface area contributed by atoms with E-state index >= 15 is 0 Å². The minimum atomic E-state index is -0.330. The Bertz CT molecular complexity index is 502. The van der Waals surface area contributed by atoms with Gasteiger partial charge in [-0.2, -0.15) is 4.98 Å². The summed E-state index contributed by atoms with van der Waals surface area (Å²) in [6.45, 7) is 1.88. The zero-order valence-corrected chi connectivity index (χ0v) is 8.84. The second-order valence-corrected chi connectivity index (χ2v) is 3.20. The lowest BCUT2D eigenvalue weighted by molar-refractivity contribution is 0.0941. The third-order valence-electron chi connectivity index (χ3n) is 1.81. The summed E-state index contributed by atoms with van der Waals surface area (Å²) in [6.07, 6.45) is 1.52. The fraction of sp³-hybridized carbons (Fsp3) is 0.375. The van der Waals surface area contributed by atoms with E-state index in [0.717, 1.165) is 0 Å². The smallest absolute Gasteiger partial charge is 0.273 e. The number of amides is 1. The predicted molar refractivity (Wildman–Crippen MR) is 51.2 cm³/mol. The molecule has 0 fully saturated rings. The number of nitrogens with zero attached hydrogens (tertiary/aromatic N) is 5. The van der Waals surface area contributed by atoms with E-state index in [2.05, 4.69) is 25.8 Å². The Morgan fingerprint density at radius 1 is 1.62 bits per heavy atom. The average molecular weight is 222 g/mol. The Kier molecular flexibility index (Phi) is 2.63. The molecule has 2 aromatic heterocycles. The summed E-state index contributed by atoms with van der Waals surface area (Å²) in [6, 6.07) is 0. The number of aryl methyl sites for hydroxylation is 2. The third-order valence-corrected chi connectivity index (χ3v) is 1.81. The monoisotopic (exact) mass is 222 g/mol. The maximum Gasteiger partial charge on any atom is 0.273 e. The fourth-order valence-electron chi connectivity index (χ4n) is 1.11. The second-order valence-electron chi connectivity index (χ2n) is 3.20. The van der Waals surface area contributed by atoms with Gasteiger partial charge in [0.15, 0.2) is 11.5 Å². The van der Waals surface area contributed by atoms with Crippen molar-refractivity contribution in [3.8, 4) is 0 Å². The highest BCUT2D eigenvalue weighted by atomic mass is 16.5. The molecular weight excluding hydrogens is 212 g/mol. The summed E-state index contributed by atoms with van der Waals surface area (Å²) in [5.41, 5.74) is 0.249. The van der Waals surface area contributed by atoms with E-state index in [1.807, 2.05) is 0 Å². The molecule has 0 aromatic carbocycles. The molecule has 16 heavy (non-hydrogen) atoms. The number of carbonyl (C=O) groups is 1. The van der Waals surface area contributed by atoms with Crippen LogP contribution in [0.2, 0.25) is 0 Å². The van der Waals surface area contributed by atoms with Crippen LogP contribution in [-0.4, -0.2) is 31.0 Å². The van der Waals surface area contributed by atoms with Crippen LogP contribution < -0.4 is 5.32 Å². The summed E-state index contributed by atoms with van der Waals surface area (Å²) in [5.74, 6) is 0.558. The molecule has 0 radical (unpaired) electrons. The molecule has 0 bridgehead atoms. The molecule has 2 aromatic rings. The van der Waals surface area contributed by atoms with Gasteiger partial charge in [-0.05, 0) is 6.92 Å². The van der Waals surface area contributed by atoms with Crippen LogP contribution in [0.25, 0.3) is 0 Å². The quantitative estimate of drug-likeness (QED) is 0.747. The van der Waals surface area contributed by atoms with Gasteiger partial charge in [0.1, 0.15) is 0 Å². The van der Waals surface area contributed by atoms with Crippen LogP contribution in [0.5, 0.6) is 0 Å². The Morgan fingerprint density at radius 3 is 3.00 bits per heavy atom. The molecule has 8 nitrogen and oxygen atoms in total. The Labute approximate surface area is 90.6 Å². The second kappa shape index (κ2) is 4.09. The molecule has 0 saturated heterocycles. The van der Waals surface area contributed by atoms with Gasteiger partial charge in [0, 0.05) is 7.05 Å². The van der Waals surface area contributed by atoms with Crippen LogP contribution in [0.1, 0.15) is 22.2 Å². The normalized spacial score (nSPS) is 10.4. The Morgan fingerprint density at radius 2 is 2.44 bits per heavy atom. The molecule has 0 saturated carbocycles. The molecule has 0 unspecified atom stereocenters. The van der Waals surface area contributed by atoms with Crippen LogP contribution in [-0.2, 0) is 13.6 Å². The molecule has 0 spiro atoms. The van der Waals surface area contributed by atoms with Crippen LogP contribution in [0.15, 0.2) is 10.7 Å². The Hall–Kier alpha value is -2.25. The van der Waals surface area contributed by atoms with Gasteiger partial charge in [0.05, 0.1) is 12.7 Å². The summed E-state index contributed by atoms with van der Waals surface area (Å²) in [5, 5.41) is 13.5. The van der Waals surface area contributed by atoms with Gasteiger partial charge < -0.3 is 9.84 Å². The van der Waals surface area contributed by atoms with Crippen molar-refractivity contribution in [2.75, 3.05) is 0 Å². The lowest BCUT2D eigenvalue weighted by Gasteiger charge is -1.96. The van der Waals surface area contributed by atoms with Crippen molar-refractivity contribution in [3.05, 3.63) is 23.6 Å². The van der Waals surface area contributed by atoms with E-state index in [4.69, 9.17) is 4.52 Å².